The maximum atomic E-state index is 12.1. The molecule has 0 spiro atoms. The van der Waals surface area contributed by atoms with Crippen molar-refractivity contribution >= 4 is 5.91 Å². The molecule has 0 saturated carbocycles. The number of benzene rings is 1. The first kappa shape index (κ1) is 15.0. The Labute approximate surface area is 123 Å². The van der Waals surface area contributed by atoms with Crippen LogP contribution < -0.4 is 10.9 Å². The van der Waals surface area contributed by atoms with E-state index in [2.05, 4.69) is 15.3 Å². The van der Waals surface area contributed by atoms with E-state index in [-0.39, 0.29) is 23.9 Å². The van der Waals surface area contributed by atoms with Gasteiger partial charge in [-0.3, -0.25) is 9.59 Å². The van der Waals surface area contributed by atoms with E-state index in [1.807, 2.05) is 37.3 Å². The predicted octanol–water partition coefficient (Wildman–Crippen LogP) is 1.81. The molecule has 1 aromatic heterocycles. The van der Waals surface area contributed by atoms with Crippen molar-refractivity contribution in [2.45, 2.75) is 33.2 Å². The van der Waals surface area contributed by atoms with Crippen LogP contribution in [0.1, 0.15) is 35.6 Å². The van der Waals surface area contributed by atoms with Crippen LogP contribution >= 0.6 is 0 Å². The van der Waals surface area contributed by atoms with Crippen LogP contribution in [0, 0.1) is 13.8 Å². The molecular formula is C16H19N3O2. The van der Waals surface area contributed by atoms with Gasteiger partial charge in [0, 0.05) is 11.3 Å². The van der Waals surface area contributed by atoms with Gasteiger partial charge in [-0.05, 0) is 26.3 Å². The van der Waals surface area contributed by atoms with Crippen LogP contribution in [-0.2, 0) is 11.2 Å². The van der Waals surface area contributed by atoms with Crippen molar-refractivity contribution in [1.29, 1.82) is 0 Å². The Morgan fingerprint density at radius 3 is 2.57 bits per heavy atom. The summed E-state index contributed by atoms with van der Waals surface area (Å²) in [6, 6.07) is 9.59. The number of aromatic nitrogens is 2. The zero-order valence-corrected chi connectivity index (χ0v) is 12.4. The molecule has 110 valence electrons. The molecule has 5 heteroatoms. The summed E-state index contributed by atoms with van der Waals surface area (Å²) < 4.78 is 0. The molecule has 2 rings (SSSR count). The molecule has 0 aliphatic heterocycles. The molecule has 21 heavy (non-hydrogen) atoms. The molecule has 1 atom stereocenters. The smallest absolute Gasteiger partial charge is 0.254 e. The van der Waals surface area contributed by atoms with Crippen molar-refractivity contribution in [3.63, 3.8) is 0 Å². The van der Waals surface area contributed by atoms with Crippen LogP contribution in [0.25, 0.3) is 0 Å². The normalized spacial score (nSPS) is 12.0. The molecule has 0 unspecified atom stereocenters. The van der Waals surface area contributed by atoms with Gasteiger partial charge < -0.3 is 10.3 Å². The van der Waals surface area contributed by atoms with E-state index in [0.717, 1.165) is 5.56 Å². The Kier molecular flexibility index (Phi) is 4.52. The molecule has 2 aromatic rings. The monoisotopic (exact) mass is 285 g/mol. The SMILES string of the molecule is Cc1nc(C)c(CC(=O)N[C@@H](C)c2ccccc2)c(=O)[nH]1. The highest BCUT2D eigenvalue weighted by atomic mass is 16.2. The number of H-pyrrole nitrogens is 1. The largest absolute Gasteiger partial charge is 0.349 e. The lowest BCUT2D eigenvalue weighted by Crippen LogP contribution is -2.31. The number of amides is 1. The molecule has 0 radical (unpaired) electrons. The summed E-state index contributed by atoms with van der Waals surface area (Å²) in [4.78, 5) is 30.8. The number of nitrogens with zero attached hydrogens (tertiary/aromatic N) is 1. The number of hydrogen-bond donors (Lipinski definition) is 2. The third-order valence-electron chi connectivity index (χ3n) is 3.36. The highest BCUT2D eigenvalue weighted by Gasteiger charge is 2.14. The number of aromatic amines is 1. The summed E-state index contributed by atoms with van der Waals surface area (Å²) in [7, 11) is 0. The maximum absolute atomic E-state index is 12.1. The fraction of sp³-hybridized carbons (Fsp3) is 0.312. The third-order valence-corrected chi connectivity index (χ3v) is 3.36. The van der Waals surface area contributed by atoms with Crippen molar-refractivity contribution in [3.8, 4) is 0 Å². The molecule has 0 aliphatic rings. The van der Waals surface area contributed by atoms with E-state index in [1.165, 1.54) is 0 Å². The minimum Gasteiger partial charge on any atom is -0.349 e. The summed E-state index contributed by atoms with van der Waals surface area (Å²) in [6.45, 7) is 5.37. The van der Waals surface area contributed by atoms with Gasteiger partial charge in [-0.15, -0.1) is 0 Å². The second-order valence-electron chi connectivity index (χ2n) is 5.09. The lowest BCUT2D eigenvalue weighted by atomic mass is 10.1. The molecule has 0 aliphatic carbocycles. The number of carbonyl (C=O) groups excluding carboxylic acids is 1. The van der Waals surface area contributed by atoms with E-state index in [4.69, 9.17) is 0 Å². The number of rotatable bonds is 4. The molecule has 0 bridgehead atoms. The highest BCUT2D eigenvalue weighted by molar-refractivity contribution is 5.79. The summed E-state index contributed by atoms with van der Waals surface area (Å²) >= 11 is 0. The Hall–Kier alpha value is -2.43. The van der Waals surface area contributed by atoms with Crippen molar-refractivity contribution in [1.82, 2.24) is 15.3 Å². The minimum absolute atomic E-state index is 0.0334. The van der Waals surface area contributed by atoms with E-state index < -0.39 is 0 Å². The lowest BCUT2D eigenvalue weighted by Gasteiger charge is -2.14. The van der Waals surface area contributed by atoms with Gasteiger partial charge in [0.1, 0.15) is 5.82 Å². The topological polar surface area (TPSA) is 74.8 Å². The average Bonchev–Trinajstić information content (AvgIpc) is 2.43. The van der Waals surface area contributed by atoms with Crippen LogP contribution in [0.5, 0.6) is 0 Å². The number of aryl methyl sites for hydroxylation is 2. The van der Waals surface area contributed by atoms with Crippen molar-refractivity contribution in [3.05, 3.63) is 63.3 Å². The van der Waals surface area contributed by atoms with Crippen LogP contribution in [0.2, 0.25) is 0 Å². The summed E-state index contributed by atoms with van der Waals surface area (Å²) in [5.41, 5.74) is 1.79. The van der Waals surface area contributed by atoms with E-state index in [9.17, 15) is 9.59 Å². The van der Waals surface area contributed by atoms with Gasteiger partial charge in [0.25, 0.3) is 5.56 Å². The standard InChI is InChI=1S/C16H19N3O2/c1-10(13-7-5-4-6-8-13)18-15(20)9-14-11(2)17-12(3)19-16(14)21/h4-8,10H,9H2,1-3H3,(H,18,20)(H,17,19,21)/t10-/m0/s1. The van der Waals surface area contributed by atoms with Crippen molar-refractivity contribution in [2.24, 2.45) is 0 Å². The highest BCUT2D eigenvalue weighted by Crippen LogP contribution is 2.11. The van der Waals surface area contributed by atoms with Crippen LogP contribution in [0.15, 0.2) is 35.1 Å². The van der Waals surface area contributed by atoms with E-state index in [1.54, 1.807) is 13.8 Å². The number of carbonyl (C=O) groups is 1. The Bertz CT molecular complexity index is 692. The van der Waals surface area contributed by atoms with Gasteiger partial charge in [0.2, 0.25) is 5.91 Å². The lowest BCUT2D eigenvalue weighted by molar-refractivity contribution is -0.121. The van der Waals surface area contributed by atoms with Crippen molar-refractivity contribution in [2.75, 3.05) is 0 Å². The van der Waals surface area contributed by atoms with Crippen LogP contribution in [-0.4, -0.2) is 15.9 Å². The van der Waals surface area contributed by atoms with Gasteiger partial charge in [-0.2, -0.15) is 0 Å². The Morgan fingerprint density at radius 2 is 1.95 bits per heavy atom. The first-order valence-corrected chi connectivity index (χ1v) is 6.88. The molecule has 5 nitrogen and oxygen atoms in total. The molecule has 0 fully saturated rings. The van der Waals surface area contributed by atoms with Gasteiger partial charge in [-0.1, -0.05) is 30.3 Å². The van der Waals surface area contributed by atoms with Crippen LogP contribution in [0.3, 0.4) is 0 Å². The molecule has 1 heterocycles. The zero-order chi connectivity index (χ0) is 15.4. The predicted molar refractivity (Wildman–Crippen MR) is 81.0 cm³/mol. The van der Waals surface area contributed by atoms with Gasteiger partial charge in [0.15, 0.2) is 0 Å². The minimum atomic E-state index is -0.248. The average molecular weight is 285 g/mol. The summed E-state index contributed by atoms with van der Waals surface area (Å²) in [5.74, 6) is 0.366. The van der Waals surface area contributed by atoms with Gasteiger partial charge in [0.05, 0.1) is 12.5 Å². The molecule has 1 aromatic carbocycles. The summed E-state index contributed by atoms with van der Waals surface area (Å²) in [6.07, 6.45) is 0.0334. The first-order valence-electron chi connectivity index (χ1n) is 6.88. The van der Waals surface area contributed by atoms with E-state index in [0.29, 0.717) is 17.1 Å². The second kappa shape index (κ2) is 6.35. The fourth-order valence-electron chi connectivity index (χ4n) is 2.24. The van der Waals surface area contributed by atoms with Gasteiger partial charge in [-0.25, -0.2) is 4.98 Å². The summed E-state index contributed by atoms with van der Waals surface area (Å²) in [5, 5.41) is 2.89. The maximum Gasteiger partial charge on any atom is 0.254 e. The second-order valence-corrected chi connectivity index (χ2v) is 5.09. The van der Waals surface area contributed by atoms with Gasteiger partial charge >= 0.3 is 0 Å². The molecular weight excluding hydrogens is 266 g/mol. The first-order chi connectivity index (χ1) is 9.97. The van der Waals surface area contributed by atoms with E-state index >= 15 is 0 Å². The third kappa shape index (κ3) is 3.78. The molecule has 2 N–H and O–H groups in total. The van der Waals surface area contributed by atoms with Crippen LogP contribution in [0.4, 0.5) is 0 Å². The molecule has 1 amide bonds. The number of nitrogens with one attached hydrogen (secondary N) is 2. The molecule has 0 saturated heterocycles. The quantitative estimate of drug-likeness (QED) is 0.899. The zero-order valence-electron chi connectivity index (χ0n) is 12.4. The number of hydrogen-bond acceptors (Lipinski definition) is 3. The van der Waals surface area contributed by atoms with Crippen molar-refractivity contribution < 1.29 is 4.79 Å². The fourth-order valence-corrected chi connectivity index (χ4v) is 2.24. The Balaban J connectivity index is 2.08. The Morgan fingerprint density at radius 1 is 1.29 bits per heavy atom.